The lowest BCUT2D eigenvalue weighted by atomic mass is 10.0. The summed E-state index contributed by atoms with van der Waals surface area (Å²) in [5.74, 6) is -1.31. The molecule has 8 heteroatoms. The minimum absolute atomic E-state index is 0.0208. The standard InChI is InChI=1S/C12H16F3NO.C7H6O3/c1-9(16-5-6-17)7-10-3-2-4-11(8-10)12(13,14)15;8-6-4-2-1-3-5(6)7(9)10/h2-4,8-9,16-17H,5-7H2,1H3;1-4,8H,(H,9,10). The minimum atomic E-state index is -4.29. The topological polar surface area (TPSA) is 89.8 Å². The van der Waals surface area contributed by atoms with E-state index in [1.807, 2.05) is 6.92 Å². The average molecular weight is 385 g/mol. The number of rotatable bonds is 6. The molecular weight excluding hydrogens is 363 g/mol. The van der Waals surface area contributed by atoms with Crippen LogP contribution in [0.4, 0.5) is 13.2 Å². The van der Waals surface area contributed by atoms with Crippen molar-refractivity contribution in [3.63, 3.8) is 0 Å². The molecule has 2 rings (SSSR count). The van der Waals surface area contributed by atoms with Crippen LogP contribution < -0.4 is 5.32 Å². The molecular formula is C19H22F3NO4. The Kier molecular flexibility index (Phi) is 8.77. The molecule has 0 bridgehead atoms. The number of alkyl halides is 3. The fourth-order valence-electron chi connectivity index (χ4n) is 2.27. The van der Waals surface area contributed by atoms with E-state index in [1.165, 1.54) is 18.2 Å². The van der Waals surface area contributed by atoms with Crippen LogP contribution in [0.1, 0.15) is 28.4 Å². The fraction of sp³-hybridized carbons (Fsp3) is 0.316. The number of carbonyl (C=O) groups is 1. The smallest absolute Gasteiger partial charge is 0.416 e. The lowest BCUT2D eigenvalue weighted by molar-refractivity contribution is -0.137. The average Bonchev–Trinajstić information content (AvgIpc) is 2.60. The van der Waals surface area contributed by atoms with Gasteiger partial charge in [-0.3, -0.25) is 0 Å². The van der Waals surface area contributed by atoms with Crippen LogP contribution in [0.15, 0.2) is 48.5 Å². The zero-order chi connectivity index (χ0) is 20.4. The molecule has 148 valence electrons. The summed E-state index contributed by atoms with van der Waals surface area (Å²) in [4.78, 5) is 10.3. The van der Waals surface area contributed by atoms with E-state index in [0.717, 1.165) is 12.1 Å². The van der Waals surface area contributed by atoms with Crippen LogP contribution in [0.2, 0.25) is 0 Å². The van der Waals surface area contributed by atoms with Crippen molar-refractivity contribution in [3.8, 4) is 5.75 Å². The summed E-state index contributed by atoms with van der Waals surface area (Å²) in [5.41, 5.74) is -0.0513. The summed E-state index contributed by atoms with van der Waals surface area (Å²) in [6.07, 6.45) is -3.79. The zero-order valence-corrected chi connectivity index (χ0v) is 14.7. The zero-order valence-electron chi connectivity index (χ0n) is 14.7. The number of nitrogens with one attached hydrogen (secondary N) is 1. The van der Waals surface area contributed by atoms with Gasteiger partial charge in [-0.25, -0.2) is 4.79 Å². The lowest BCUT2D eigenvalue weighted by Crippen LogP contribution is -2.30. The minimum Gasteiger partial charge on any atom is -0.507 e. The number of aromatic hydroxyl groups is 1. The second-order valence-corrected chi connectivity index (χ2v) is 5.80. The van der Waals surface area contributed by atoms with Crippen molar-refractivity contribution in [1.29, 1.82) is 0 Å². The maximum atomic E-state index is 12.5. The van der Waals surface area contributed by atoms with Gasteiger partial charge < -0.3 is 20.6 Å². The molecule has 27 heavy (non-hydrogen) atoms. The number of hydrogen-bond donors (Lipinski definition) is 4. The first-order valence-corrected chi connectivity index (χ1v) is 8.16. The number of carboxylic acids is 1. The highest BCUT2D eigenvalue weighted by atomic mass is 19.4. The van der Waals surface area contributed by atoms with Gasteiger partial charge in [0.05, 0.1) is 12.2 Å². The van der Waals surface area contributed by atoms with Crippen molar-refractivity contribution < 1.29 is 33.3 Å². The quantitative estimate of drug-likeness (QED) is 0.613. The third kappa shape index (κ3) is 8.10. The SMILES string of the molecule is CC(Cc1cccc(C(F)(F)F)c1)NCCO.O=C(O)c1ccccc1O. The second-order valence-electron chi connectivity index (χ2n) is 5.80. The molecule has 0 saturated carbocycles. The van der Waals surface area contributed by atoms with E-state index < -0.39 is 17.7 Å². The van der Waals surface area contributed by atoms with Crippen molar-refractivity contribution in [2.24, 2.45) is 0 Å². The Morgan fingerprint density at radius 1 is 1.15 bits per heavy atom. The van der Waals surface area contributed by atoms with Gasteiger partial charge in [-0.05, 0) is 37.1 Å². The molecule has 2 aromatic carbocycles. The Balaban J connectivity index is 0.000000309. The Morgan fingerprint density at radius 3 is 2.33 bits per heavy atom. The fourth-order valence-corrected chi connectivity index (χ4v) is 2.27. The third-order valence-electron chi connectivity index (χ3n) is 3.54. The third-order valence-corrected chi connectivity index (χ3v) is 3.54. The van der Waals surface area contributed by atoms with E-state index in [-0.39, 0.29) is 24.0 Å². The Hall–Kier alpha value is -2.58. The van der Waals surface area contributed by atoms with Gasteiger partial charge in [-0.15, -0.1) is 0 Å². The summed E-state index contributed by atoms with van der Waals surface area (Å²) in [6.45, 7) is 2.34. The van der Waals surface area contributed by atoms with E-state index in [4.69, 9.17) is 15.3 Å². The van der Waals surface area contributed by atoms with E-state index in [0.29, 0.717) is 18.5 Å². The predicted molar refractivity (Wildman–Crippen MR) is 94.8 cm³/mol. The number of aromatic carboxylic acids is 1. The number of aliphatic hydroxyl groups excluding tert-OH is 1. The monoisotopic (exact) mass is 385 g/mol. The van der Waals surface area contributed by atoms with Crippen LogP contribution in [0, 0.1) is 0 Å². The maximum absolute atomic E-state index is 12.5. The molecule has 0 aromatic heterocycles. The van der Waals surface area contributed by atoms with Crippen LogP contribution >= 0.6 is 0 Å². The van der Waals surface area contributed by atoms with Gasteiger partial charge in [0.25, 0.3) is 0 Å². The van der Waals surface area contributed by atoms with Crippen molar-refractivity contribution in [1.82, 2.24) is 5.32 Å². The van der Waals surface area contributed by atoms with E-state index in [1.54, 1.807) is 18.2 Å². The van der Waals surface area contributed by atoms with Gasteiger partial charge in [-0.2, -0.15) is 13.2 Å². The molecule has 0 fully saturated rings. The van der Waals surface area contributed by atoms with Crippen LogP contribution in [-0.4, -0.2) is 40.5 Å². The molecule has 0 spiro atoms. The maximum Gasteiger partial charge on any atom is 0.416 e. The van der Waals surface area contributed by atoms with Crippen LogP contribution in [0.3, 0.4) is 0 Å². The molecule has 0 saturated heterocycles. The molecule has 0 heterocycles. The number of para-hydroxylation sites is 1. The molecule has 1 atom stereocenters. The van der Waals surface area contributed by atoms with Gasteiger partial charge in [0, 0.05) is 12.6 Å². The number of carboxylic acid groups (broad SMARTS) is 1. The predicted octanol–water partition coefficient (Wildman–Crippen LogP) is 3.31. The van der Waals surface area contributed by atoms with Crippen molar-refractivity contribution in [2.75, 3.05) is 13.2 Å². The molecule has 0 radical (unpaired) electrons. The number of hydrogen-bond acceptors (Lipinski definition) is 4. The second kappa shape index (κ2) is 10.5. The highest BCUT2D eigenvalue weighted by Gasteiger charge is 2.30. The summed E-state index contributed by atoms with van der Waals surface area (Å²) in [6, 6.07) is 11.2. The molecule has 0 aliphatic rings. The first-order valence-electron chi connectivity index (χ1n) is 8.16. The van der Waals surface area contributed by atoms with Gasteiger partial charge in [-0.1, -0.05) is 30.3 Å². The normalized spacial score (nSPS) is 12.0. The molecule has 1 unspecified atom stereocenters. The van der Waals surface area contributed by atoms with Crippen LogP contribution in [0.5, 0.6) is 5.75 Å². The summed E-state index contributed by atoms with van der Waals surface area (Å²) < 4.78 is 37.4. The molecule has 2 aromatic rings. The van der Waals surface area contributed by atoms with E-state index in [9.17, 15) is 18.0 Å². The van der Waals surface area contributed by atoms with Crippen molar-refractivity contribution in [3.05, 3.63) is 65.2 Å². The van der Waals surface area contributed by atoms with Gasteiger partial charge >= 0.3 is 12.1 Å². The molecule has 0 amide bonds. The van der Waals surface area contributed by atoms with Gasteiger partial charge in [0.1, 0.15) is 11.3 Å². The number of aliphatic hydroxyl groups is 1. The Morgan fingerprint density at radius 2 is 1.81 bits per heavy atom. The van der Waals surface area contributed by atoms with E-state index in [2.05, 4.69) is 5.32 Å². The lowest BCUT2D eigenvalue weighted by Gasteiger charge is -2.14. The van der Waals surface area contributed by atoms with Crippen LogP contribution in [-0.2, 0) is 12.6 Å². The molecule has 5 nitrogen and oxygen atoms in total. The van der Waals surface area contributed by atoms with Crippen molar-refractivity contribution in [2.45, 2.75) is 25.6 Å². The van der Waals surface area contributed by atoms with E-state index >= 15 is 0 Å². The largest absolute Gasteiger partial charge is 0.507 e. The first-order chi connectivity index (χ1) is 12.6. The molecule has 0 aliphatic heterocycles. The Bertz CT molecular complexity index is 735. The summed E-state index contributed by atoms with van der Waals surface area (Å²) in [5, 5.41) is 28.9. The number of benzene rings is 2. The van der Waals surface area contributed by atoms with Gasteiger partial charge in [0.2, 0.25) is 0 Å². The molecule has 4 N–H and O–H groups in total. The van der Waals surface area contributed by atoms with Gasteiger partial charge in [0.15, 0.2) is 0 Å². The van der Waals surface area contributed by atoms with Crippen molar-refractivity contribution >= 4 is 5.97 Å². The molecule has 0 aliphatic carbocycles. The summed E-state index contributed by atoms with van der Waals surface area (Å²) >= 11 is 0. The number of phenols is 1. The number of halogens is 3. The first kappa shape index (κ1) is 22.5. The highest BCUT2D eigenvalue weighted by Crippen LogP contribution is 2.29. The Labute approximate surface area is 155 Å². The summed E-state index contributed by atoms with van der Waals surface area (Å²) in [7, 11) is 0. The highest BCUT2D eigenvalue weighted by molar-refractivity contribution is 5.90. The van der Waals surface area contributed by atoms with Crippen LogP contribution in [0.25, 0.3) is 0 Å².